The lowest BCUT2D eigenvalue weighted by atomic mass is 9.85. The number of rotatable bonds is 6. The summed E-state index contributed by atoms with van der Waals surface area (Å²) in [5.74, 6) is 2.25. The molecular formula is C19H24N2O2. The van der Waals surface area contributed by atoms with Crippen LogP contribution in [-0.4, -0.2) is 11.8 Å². The predicted octanol–water partition coefficient (Wildman–Crippen LogP) is 3.09. The van der Waals surface area contributed by atoms with Crippen molar-refractivity contribution in [3.63, 3.8) is 0 Å². The molecule has 2 N–H and O–H groups in total. The molecule has 0 aliphatic heterocycles. The van der Waals surface area contributed by atoms with Crippen molar-refractivity contribution in [2.75, 3.05) is 5.32 Å². The predicted molar refractivity (Wildman–Crippen MR) is 88.6 cm³/mol. The largest absolute Gasteiger partial charge is 0.352 e. The van der Waals surface area contributed by atoms with Gasteiger partial charge < -0.3 is 10.6 Å². The Hall–Kier alpha value is -1.84. The molecule has 3 aliphatic rings. The summed E-state index contributed by atoms with van der Waals surface area (Å²) in [4.78, 5) is 24.1. The standard InChI is InChI=1S/C19H24N2O2/c22-18(14-4-2-5-14)21-15-6-1-3-12(9-15)11-20-19(23)17-10-16(17)13-7-8-13/h1,3,6,9,13-14,16-17H,2,4-5,7-8,10-11H2,(H,20,23)(H,21,22)/t16-,17+/m1/s1. The van der Waals surface area contributed by atoms with Gasteiger partial charge in [-0.25, -0.2) is 0 Å². The van der Waals surface area contributed by atoms with Gasteiger partial charge in [0.05, 0.1) is 0 Å². The molecule has 1 aromatic carbocycles. The average molecular weight is 312 g/mol. The van der Waals surface area contributed by atoms with Crippen molar-refractivity contribution in [3.05, 3.63) is 29.8 Å². The lowest BCUT2D eigenvalue weighted by molar-refractivity contribution is -0.123. The maximum atomic E-state index is 12.1. The number of benzene rings is 1. The molecular weight excluding hydrogens is 288 g/mol. The number of carbonyl (C=O) groups is 2. The lowest BCUT2D eigenvalue weighted by Gasteiger charge is -2.24. The van der Waals surface area contributed by atoms with Crippen LogP contribution in [0.15, 0.2) is 24.3 Å². The van der Waals surface area contributed by atoms with Crippen LogP contribution in [0.2, 0.25) is 0 Å². The Labute approximate surface area is 137 Å². The first-order chi connectivity index (χ1) is 11.2. The van der Waals surface area contributed by atoms with E-state index in [0.29, 0.717) is 12.5 Å². The van der Waals surface area contributed by atoms with Crippen LogP contribution in [0.5, 0.6) is 0 Å². The Morgan fingerprint density at radius 3 is 2.61 bits per heavy atom. The van der Waals surface area contributed by atoms with E-state index in [0.717, 1.165) is 42.9 Å². The first-order valence-electron chi connectivity index (χ1n) is 8.88. The number of anilines is 1. The molecule has 4 heteroatoms. The zero-order valence-corrected chi connectivity index (χ0v) is 13.4. The van der Waals surface area contributed by atoms with Gasteiger partial charge in [0, 0.05) is 24.1 Å². The first-order valence-corrected chi connectivity index (χ1v) is 8.88. The first kappa shape index (κ1) is 14.7. The fourth-order valence-electron chi connectivity index (χ4n) is 3.56. The second-order valence-corrected chi connectivity index (χ2v) is 7.38. The van der Waals surface area contributed by atoms with Gasteiger partial charge in [-0.3, -0.25) is 9.59 Å². The van der Waals surface area contributed by atoms with E-state index in [4.69, 9.17) is 0 Å². The molecule has 0 spiro atoms. The molecule has 2 atom stereocenters. The van der Waals surface area contributed by atoms with E-state index in [1.807, 2.05) is 24.3 Å². The quantitative estimate of drug-likeness (QED) is 0.848. The molecule has 4 nitrogen and oxygen atoms in total. The second-order valence-electron chi connectivity index (χ2n) is 7.38. The molecule has 0 aromatic heterocycles. The number of hydrogen-bond acceptors (Lipinski definition) is 2. The number of amides is 2. The molecule has 3 aliphatic carbocycles. The lowest BCUT2D eigenvalue weighted by Crippen LogP contribution is -2.28. The smallest absolute Gasteiger partial charge is 0.227 e. The van der Waals surface area contributed by atoms with E-state index >= 15 is 0 Å². The number of carbonyl (C=O) groups excluding carboxylic acids is 2. The summed E-state index contributed by atoms with van der Waals surface area (Å²) in [7, 11) is 0. The summed E-state index contributed by atoms with van der Waals surface area (Å²) in [5, 5.41) is 6.03. The highest BCUT2D eigenvalue weighted by Crippen LogP contribution is 2.54. The van der Waals surface area contributed by atoms with Crippen LogP contribution in [-0.2, 0) is 16.1 Å². The maximum Gasteiger partial charge on any atom is 0.227 e. The highest BCUT2D eigenvalue weighted by molar-refractivity contribution is 5.93. The molecule has 2 amide bonds. The van der Waals surface area contributed by atoms with Crippen molar-refractivity contribution in [2.24, 2.45) is 23.7 Å². The molecule has 4 rings (SSSR count). The summed E-state index contributed by atoms with van der Waals surface area (Å²) in [5.41, 5.74) is 1.87. The Morgan fingerprint density at radius 2 is 1.91 bits per heavy atom. The van der Waals surface area contributed by atoms with Gasteiger partial charge >= 0.3 is 0 Å². The SMILES string of the molecule is O=C(Nc1cccc(CNC(=O)[C@H]2C[C@@H]2C2CC2)c1)C1CCC1. The summed E-state index contributed by atoms with van der Waals surface area (Å²) < 4.78 is 0. The van der Waals surface area contributed by atoms with Crippen molar-refractivity contribution in [2.45, 2.75) is 45.1 Å². The molecule has 0 unspecified atom stereocenters. The average Bonchev–Trinajstić information content (AvgIpc) is 3.35. The Bertz CT molecular complexity index is 620. The Morgan fingerprint density at radius 1 is 1.09 bits per heavy atom. The van der Waals surface area contributed by atoms with Gasteiger partial charge in [0.25, 0.3) is 0 Å². The van der Waals surface area contributed by atoms with Gasteiger partial charge in [0.2, 0.25) is 11.8 Å². The maximum absolute atomic E-state index is 12.1. The fraction of sp³-hybridized carbons (Fsp3) is 0.579. The van der Waals surface area contributed by atoms with Gasteiger partial charge in [-0.05, 0) is 61.6 Å². The van der Waals surface area contributed by atoms with E-state index < -0.39 is 0 Å². The van der Waals surface area contributed by atoms with Crippen LogP contribution in [0, 0.1) is 23.7 Å². The highest BCUT2D eigenvalue weighted by atomic mass is 16.2. The van der Waals surface area contributed by atoms with Gasteiger partial charge in [-0.1, -0.05) is 18.6 Å². The van der Waals surface area contributed by atoms with Crippen molar-refractivity contribution in [1.29, 1.82) is 0 Å². The minimum Gasteiger partial charge on any atom is -0.352 e. The van der Waals surface area contributed by atoms with Crippen molar-refractivity contribution >= 4 is 17.5 Å². The molecule has 3 fully saturated rings. The zero-order chi connectivity index (χ0) is 15.8. The van der Waals surface area contributed by atoms with Crippen molar-refractivity contribution in [3.8, 4) is 0 Å². The Kier molecular flexibility index (Phi) is 3.83. The zero-order valence-electron chi connectivity index (χ0n) is 13.4. The van der Waals surface area contributed by atoms with Gasteiger partial charge in [0.1, 0.15) is 0 Å². The molecule has 0 heterocycles. The summed E-state index contributed by atoms with van der Waals surface area (Å²) in [6, 6.07) is 7.79. The minimum absolute atomic E-state index is 0.127. The van der Waals surface area contributed by atoms with E-state index in [2.05, 4.69) is 10.6 Å². The molecule has 23 heavy (non-hydrogen) atoms. The Balaban J connectivity index is 1.28. The fourth-order valence-corrected chi connectivity index (χ4v) is 3.56. The summed E-state index contributed by atoms with van der Waals surface area (Å²) in [6.07, 6.45) is 6.88. The van der Waals surface area contributed by atoms with Crippen LogP contribution in [0.4, 0.5) is 5.69 Å². The molecule has 0 saturated heterocycles. The van der Waals surface area contributed by atoms with Crippen LogP contribution >= 0.6 is 0 Å². The van der Waals surface area contributed by atoms with Crippen molar-refractivity contribution < 1.29 is 9.59 Å². The second kappa shape index (κ2) is 5.99. The van der Waals surface area contributed by atoms with Crippen molar-refractivity contribution in [1.82, 2.24) is 5.32 Å². The normalized spacial score (nSPS) is 26.3. The highest BCUT2D eigenvalue weighted by Gasteiger charge is 2.50. The van der Waals surface area contributed by atoms with E-state index in [1.54, 1.807) is 0 Å². The van der Waals surface area contributed by atoms with Crippen LogP contribution in [0.25, 0.3) is 0 Å². The van der Waals surface area contributed by atoms with Crippen LogP contribution in [0.1, 0.15) is 44.1 Å². The van der Waals surface area contributed by atoms with E-state index in [-0.39, 0.29) is 23.7 Å². The monoisotopic (exact) mass is 312 g/mol. The van der Waals surface area contributed by atoms with Gasteiger partial charge in [-0.15, -0.1) is 0 Å². The third kappa shape index (κ3) is 3.41. The molecule has 0 radical (unpaired) electrons. The number of hydrogen-bond donors (Lipinski definition) is 2. The summed E-state index contributed by atoms with van der Waals surface area (Å²) in [6.45, 7) is 0.542. The topological polar surface area (TPSA) is 58.2 Å². The third-order valence-electron chi connectivity index (χ3n) is 5.54. The van der Waals surface area contributed by atoms with Gasteiger partial charge in [0.15, 0.2) is 0 Å². The minimum atomic E-state index is 0.127. The molecule has 0 bridgehead atoms. The molecule has 122 valence electrons. The van der Waals surface area contributed by atoms with Gasteiger partial charge in [-0.2, -0.15) is 0 Å². The van der Waals surface area contributed by atoms with E-state index in [1.165, 1.54) is 12.8 Å². The summed E-state index contributed by atoms with van der Waals surface area (Å²) >= 11 is 0. The van der Waals surface area contributed by atoms with Crippen LogP contribution < -0.4 is 10.6 Å². The van der Waals surface area contributed by atoms with Crippen LogP contribution in [0.3, 0.4) is 0 Å². The number of nitrogens with one attached hydrogen (secondary N) is 2. The molecule has 3 saturated carbocycles. The molecule has 1 aromatic rings. The third-order valence-corrected chi connectivity index (χ3v) is 5.54. The van der Waals surface area contributed by atoms with E-state index in [9.17, 15) is 9.59 Å².